The molecule has 1 N–H and O–H groups in total. The fourth-order valence-electron chi connectivity index (χ4n) is 1.82. The number of anilines is 1. The van der Waals surface area contributed by atoms with Crippen molar-refractivity contribution in [1.82, 2.24) is 0 Å². The predicted octanol–water partition coefficient (Wildman–Crippen LogP) is 3.60. The van der Waals surface area contributed by atoms with E-state index in [9.17, 15) is 10.1 Å². The fraction of sp³-hybridized carbons (Fsp3) is 0.267. The lowest BCUT2D eigenvalue weighted by Crippen LogP contribution is -2.13. The molecule has 2 rings (SSSR count). The first kappa shape index (κ1) is 14.6. The Morgan fingerprint density at radius 1 is 1.29 bits per heavy atom. The Bertz CT molecular complexity index is 681. The van der Waals surface area contributed by atoms with Crippen LogP contribution in [-0.2, 0) is 12.0 Å². The summed E-state index contributed by atoms with van der Waals surface area (Å²) in [5.74, 6) is 0.223. The Hall–Kier alpha value is -2.81. The lowest BCUT2D eigenvalue weighted by Gasteiger charge is -2.16. The Morgan fingerprint density at radius 3 is 2.48 bits per heavy atom. The van der Waals surface area contributed by atoms with Crippen LogP contribution in [0.25, 0.3) is 0 Å². The van der Waals surface area contributed by atoms with Gasteiger partial charge < -0.3 is 9.73 Å². The topological polar surface area (TPSA) is 92.1 Å². The predicted molar refractivity (Wildman–Crippen MR) is 77.8 cm³/mol. The first-order chi connectivity index (χ1) is 9.92. The standard InChI is InChI=1S/C15H15N3O3/c1-15(2,10-16)11-3-5-12(6-4-11)17-9-13-7-8-14(21-13)18(19)20/h3-8,17H,9H2,1-2H3. The monoisotopic (exact) mass is 285 g/mol. The van der Waals surface area contributed by atoms with Gasteiger partial charge in [0.2, 0.25) is 0 Å². The molecule has 0 aliphatic rings. The van der Waals surface area contributed by atoms with Crippen molar-refractivity contribution in [3.05, 3.63) is 57.8 Å². The third-order valence-electron chi connectivity index (χ3n) is 3.18. The van der Waals surface area contributed by atoms with Crippen LogP contribution in [0.4, 0.5) is 11.6 Å². The number of rotatable bonds is 5. The van der Waals surface area contributed by atoms with E-state index >= 15 is 0 Å². The van der Waals surface area contributed by atoms with E-state index in [2.05, 4.69) is 11.4 Å². The summed E-state index contributed by atoms with van der Waals surface area (Å²) in [5.41, 5.74) is 1.26. The summed E-state index contributed by atoms with van der Waals surface area (Å²) in [6.07, 6.45) is 0. The third kappa shape index (κ3) is 3.39. The van der Waals surface area contributed by atoms with Gasteiger partial charge in [-0.2, -0.15) is 5.26 Å². The Morgan fingerprint density at radius 2 is 1.95 bits per heavy atom. The van der Waals surface area contributed by atoms with E-state index in [1.54, 1.807) is 6.07 Å². The molecule has 6 heteroatoms. The molecule has 0 amide bonds. The van der Waals surface area contributed by atoms with Crippen molar-refractivity contribution in [2.75, 3.05) is 5.32 Å². The molecule has 0 saturated heterocycles. The van der Waals surface area contributed by atoms with Gasteiger partial charge in [0.25, 0.3) is 0 Å². The van der Waals surface area contributed by atoms with Crippen LogP contribution in [-0.4, -0.2) is 4.92 Å². The van der Waals surface area contributed by atoms with Gasteiger partial charge in [0.15, 0.2) is 0 Å². The molecule has 0 aliphatic carbocycles. The third-order valence-corrected chi connectivity index (χ3v) is 3.18. The number of benzene rings is 1. The quantitative estimate of drug-likeness (QED) is 0.669. The van der Waals surface area contributed by atoms with Crippen LogP contribution in [0.15, 0.2) is 40.8 Å². The van der Waals surface area contributed by atoms with Crippen LogP contribution >= 0.6 is 0 Å². The number of nitro groups is 1. The molecule has 0 fully saturated rings. The molecule has 1 aromatic carbocycles. The summed E-state index contributed by atoms with van der Waals surface area (Å²) >= 11 is 0. The second kappa shape index (κ2) is 5.67. The summed E-state index contributed by atoms with van der Waals surface area (Å²) in [6.45, 7) is 4.07. The van der Waals surface area contributed by atoms with Crippen LogP contribution < -0.4 is 5.32 Å². The molecule has 0 radical (unpaired) electrons. The van der Waals surface area contributed by atoms with Gasteiger partial charge in [-0.1, -0.05) is 12.1 Å². The SMILES string of the molecule is CC(C)(C#N)c1ccc(NCc2ccc([N+](=O)[O-])o2)cc1. The minimum Gasteiger partial charge on any atom is -0.404 e. The van der Waals surface area contributed by atoms with Crippen molar-refractivity contribution >= 4 is 11.6 Å². The summed E-state index contributed by atoms with van der Waals surface area (Å²) in [7, 11) is 0. The Kier molecular flexibility index (Phi) is 3.94. The second-order valence-electron chi connectivity index (χ2n) is 5.16. The lowest BCUT2D eigenvalue weighted by atomic mass is 9.86. The molecular weight excluding hydrogens is 270 g/mol. The molecule has 0 bridgehead atoms. The molecule has 0 atom stereocenters. The van der Waals surface area contributed by atoms with Crippen molar-refractivity contribution < 1.29 is 9.34 Å². The highest BCUT2D eigenvalue weighted by Gasteiger charge is 2.19. The van der Waals surface area contributed by atoms with Crippen molar-refractivity contribution in [1.29, 1.82) is 5.26 Å². The van der Waals surface area contributed by atoms with E-state index in [4.69, 9.17) is 9.68 Å². The fourth-order valence-corrected chi connectivity index (χ4v) is 1.82. The minimum atomic E-state index is -0.567. The second-order valence-corrected chi connectivity index (χ2v) is 5.16. The van der Waals surface area contributed by atoms with Gasteiger partial charge in [-0.15, -0.1) is 0 Å². The van der Waals surface area contributed by atoms with Gasteiger partial charge >= 0.3 is 5.88 Å². The highest BCUT2D eigenvalue weighted by Crippen LogP contribution is 2.24. The molecule has 6 nitrogen and oxygen atoms in total. The molecular formula is C15H15N3O3. The first-order valence-corrected chi connectivity index (χ1v) is 6.41. The van der Waals surface area contributed by atoms with Gasteiger partial charge in [0.1, 0.15) is 10.7 Å². The molecule has 0 spiro atoms. The Balaban J connectivity index is 2.01. The maximum Gasteiger partial charge on any atom is 0.433 e. The van der Waals surface area contributed by atoms with Gasteiger partial charge in [-0.25, -0.2) is 0 Å². The number of hydrogen-bond donors (Lipinski definition) is 1. The van der Waals surface area contributed by atoms with Crippen molar-refractivity contribution in [3.8, 4) is 6.07 Å². The number of furan rings is 1. The smallest absolute Gasteiger partial charge is 0.404 e. The summed E-state index contributed by atoms with van der Waals surface area (Å²) in [4.78, 5) is 9.95. The average molecular weight is 285 g/mol. The molecule has 21 heavy (non-hydrogen) atoms. The zero-order valence-electron chi connectivity index (χ0n) is 11.8. The van der Waals surface area contributed by atoms with E-state index in [1.807, 2.05) is 38.1 Å². The van der Waals surface area contributed by atoms with Gasteiger partial charge in [-0.3, -0.25) is 10.1 Å². The molecule has 1 aromatic heterocycles. The number of hydrogen-bond acceptors (Lipinski definition) is 5. The van der Waals surface area contributed by atoms with Crippen molar-refractivity contribution in [2.45, 2.75) is 25.8 Å². The van der Waals surface area contributed by atoms with Crippen LogP contribution in [0.5, 0.6) is 0 Å². The van der Waals surface area contributed by atoms with E-state index < -0.39 is 10.3 Å². The van der Waals surface area contributed by atoms with Crippen LogP contribution in [0.2, 0.25) is 0 Å². The lowest BCUT2D eigenvalue weighted by molar-refractivity contribution is -0.402. The largest absolute Gasteiger partial charge is 0.433 e. The zero-order chi connectivity index (χ0) is 15.5. The number of nitriles is 1. The highest BCUT2D eigenvalue weighted by atomic mass is 16.6. The molecule has 0 saturated carbocycles. The first-order valence-electron chi connectivity index (χ1n) is 6.41. The van der Waals surface area contributed by atoms with Crippen LogP contribution in [0.3, 0.4) is 0 Å². The van der Waals surface area contributed by atoms with Crippen molar-refractivity contribution in [3.63, 3.8) is 0 Å². The van der Waals surface area contributed by atoms with Crippen LogP contribution in [0, 0.1) is 21.4 Å². The molecule has 2 aromatic rings. The number of nitrogens with one attached hydrogen (secondary N) is 1. The zero-order valence-corrected chi connectivity index (χ0v) is 11.8. The van der Waals surface area contributed by atoms with Gasteiger partial charge in [0, 0.05) is 5.69 Å². The van der Waals surface area contributed by atoms with Gasteiger partial charge in [0.05, 0.1) is 24.1 Å². The van der Waals surface area contributed by atoms with E-state index in [-0.39, 0.29) is 5.88 Å². The van der Waals surface area contributed by atoms with E-state index in [0.717, 1.165) is 11.3 Å². The Labute approximate surface area is 122 Å². The molecule has 108 valence electrons. The maximum absolute atomic E-state index is 10.5. The summed E-state index contributed by atoms with van der Waals surface area (Å²) < 4.78 is 5.06. The van der Waals surface area contributed by atoms with E-state index in [1.165, 1.54) is 6.07 Å². The normalized spacial score (nSPS) is 10.9. The van der Waals surface area contributed by atoms with Crippen molar-refractivity contribution in [2.24, 2.45) is 0 Å². The maximum atomic E-state index is 10.5. The van der Waals surface area contributed by atoms with Crippen LogP contribution in [0.1, 0.15) is 25.2 Å². The highest BCUT2D eigenvalue weighted by molar-refractivity contribution is 5.47. The molecule has 0 unspecified atom stereocenters. The average Bonchev–Trinajstić information content (AvgIpc) is 2.95. The van der Waals surface area contributed by atoms with Gasteiger partial charge in [-0.05, 0) is 37.6 Å². The minimum absolute atomic E-state index is 0.266. The molecule has 0 aliphatic heterocycles. The number of nitrogens with zero attached hydrogens (tertiary/aromatic N) is 2. The molecule has 1 heterocycles. The summed E-state index contributed by atoms with van der Waals surface area (Å²) in [6, 6.07) is 12.6. The summed E-state index contributed by atoms with van der Waals surface area (Å²) in [5, 5.41) is 22.7. The van der Waals surface area contributed by atoms with E-state index in [0.29, 0.717) is 12.3 Å².